The van der Waals surface area contributed by atoms with Crippen LogP contribution >= 0.6 is 23.2 Å². The van der Waals surface area contributed by atoms with Gasteiger partial charge in [-0.1, -0.05) is 23.2 Å². The van der Waals surface area contributed by atoms with Crippen LogP contribution < -0.4 is 0 Å². The topological polar surface area (TPSA) is 82.9 Å². The molecule has 10 heteroatoms. The van der Waals surface area contributed by atoms with Crippen LogP contribution in [0.15, 0.2) is 30.6 Å². The van der Waals surface area contributed by atoms with Gasteiger partial charge in [0.15, 0.2) is 5.82 Å². The molecule has 3 aromatic rings. The molecule has 0 bridgehead atoms. The number of aromatic nitrogens is 5. The summed E-state index contributed by atoms with van der Waals surface area (Å²) in [6.07, 6.45) is 3.26. The van der Waals surface area contributed by atoms with Crippen molar-refractivity contribution in [2.75, 3.05) is 26.2 Å². The first-order valence-corrected chi connectivity index (χ1v) is 9.65. The Bertz CT molecular complexity index is 991. The van der Waals surface area contributed by atoms with Crippen LogP contribution in [0.5, 0.6) is 0 Å². The molecule has 28 heavy (non-hydrogen) atoms. The Morgan fingerprint density at radius 3 is 2.68 bits per heavy atom. The fourth-order valence-electron chi connectivity index (χ4n) is 3.18. The van der Waals surface area contributed by atoms with Gasteiger partial charge in [-0.3, -0.25) is 14.8 Å². The first-order chi connectivity index (χ1) is 13.5. The summed E-state index contributed by atoms with van der Waals surface area (Å²) >= 11 is 12.2. The van der Waals surface area contributed by atoms with Gasteiger partial charge in [-0.05, 0) is 25.1 Å². The number of amides is 1. The van der Waals surface area contributed by atoms with Crippen LogP contribution in [0.2, 0.25) is 10.0 Å². The van der Waals surface area contributed by atoms with Gasteiger partial charge in [0.25, 0.3) is 5.91 Å². The summed E-state index contributed by atoms with van der Waals surface area (Å²) in [5.41, 5.74) is 1.21. The molecule has 1 saturated heterocycles. The summed E-state index contributed by atoms with van der Waals surface area (Å²) in [5.74, 6) is 1.55. The van der Waals surface area contributed by atoms with Crippen molar-refractivity contribution in [1.82, 2.24) is 34.8 Å². The maximum Gasteiger partial charge on any atom is 0.257 e. The predicted molar refractivity (Wildman–Crippen MR) is 106 cm³/mol. The minimum atomic E-state index is -0.0373. The number of piperazine rings is 1. The minimum Gasteiger partial charge on any atom is -0.336 e. The highest BCUT2D eigenvalue weighted by atomic mass is 35.5. The number of aryl methyl sites for hydroxylation is 1. The second-order valence-corrected chi connectivity index (χ2v) is 7.52. The summed E-state index contributed by atoms with van der Waals surface area (Å²) in [4.78, 5) is 21.2. The molecule has 0 unspecified atom stereocenters. The van der Waals surface area contributed by atoms with E-state index in [1.54, 1.807) is 35.3 Å². The lowest BCUT2D eigenvalue weighted by Gasteiger charge is -2.33. The van der Waals surface area contributed by atoms with Crippen molar-refractivity contribution >= 4 is 29.1 Å². The first kappa shape index (κ1) is 18.9. The number of hydrogen-bond acceptors (Lipinski definition) is 5. The Morgan fingerprint density at radius 2 is 2.00 bits per heavy atom. The number of carbonyl (C=O) groups excluding carboxylic acids is 1. The molecule has 1 aliphatic rings. The van der Waals surface area contributed by atoms with Crippen LogP contribution in [0.3, 0.4) is 0 Å². The normalized spacial score (nSPS) is 15.2. The molecule has 1 fully saturated rings. The Labute approximate surface area is 172 Å². The van der Waals surface area contributed by atoms with Crippen molar-refractivity contribution in [3.63, 3.8) is 0 Å². The second-order valence-electron chi connectivity index (χ2n) is 6.67. The highest BCUT2D eigenvalue weighted by Crippen LogP contribution is 2.24. The molecule has 3 heterocycles. The van der Waals surface area contributed by atoms with E-state index in [0.717, 1.165) is 24.7 Å². The third-order valence-corrected chi connectivity index (χ3v) is 5.19. The summed E-state index contributed by atoms with van der Waals surface area (Å²) in [7, 11) is 0. The fourth-order valence-corrected chi connectivity index (χ4v) is 3.68. The summed E-state index contributed by atoms with van der Waals surface area (Å²) in [6.45, 7) is 5.40. The lowest BCUT2D eigenvalue weighted by molar-refractivity contribution is 0.0625. The van der Waals surface area contributed by atoms with E-state index < -0.39 is 0 Å². The molecule has 1 amide bonds. The number of halogens is 2. The molecule has 1 aromatic carbocycles. The first-order valence-electron chi connectivity index (χ1n) is 8.89. The summed E-state index contributed by atoms with van der Waals surface area (Å²) < 4.78 is 1.59. The molecular weight excluding hydrogens is 401 g/mol. The Balaban J connectivity index is 1.38. The number of H-pyrrole nitrogens is 1. The summed E-state index contributed by atoms with van der Waals surface area (Å²) in [6, 6.07) is 5.16. The van der Waals surface area contributed by atoms with Crippen molar-refractivity contribution < 1.29 is 4.79 Å². The van der Waals surface area contributed by atoms with Gasteiger partial charge < -0.3 is 4.90 Å². The molecule has 146 valence electrons. The van der Waals surface area contributed by atoms with Crippen molar-refractivity contribution in [3.05, 3.63) is 57.9 Å². The van der Waals surface area contributed by atoms with Crippen LogP contribution in [0.1, 0.15) is 22.0 Å². The zero-order chi connectivity index (χ0) is 19.7. The molecule has 0 radical (unpaired) electrons. The van der Waals surface area contributed by atoms with Crippen molar-refractivity contribution in [1.29, 1.82) is 0 Å². The van der Waals surface area contributed by atoms with E-state index in [9.17, 15) is 4.79 Å². The molecule has 8 nitrogen and oxygen atoms in total. The molecule has 1 aliphatic heterocycles. The molecule has 0 atom stereocenters. The summed E-state index contributed by atoms with van der Waals surface area (Å²) in [5, 5.41) is 12.3. The molecular formula is C18H19Cl2N7O. The smallest absolute Gasteiger partial charge is 0.257 e. The lowest BCUT2D eigenvalue weighted by atomic mass is 10.2. The highest BCUT2D eigenvalue weighted by molar-refractivity contribution is 6.35. The lowest BCUT2D eigenvalue weighted by Crippen LogP contribution is -2.48. The van der Waals surface area contributed by atoms with Crippen LogP contribution in [-0.2, 0) is 6.54 Å². The molecule has 4 rings (SSSR count). The van der Waals surface area contributed by atoms with E-state index in [-0.39, 0.29) is 5.91 Å². The van der Waals surface area contributed by atoms with Crippen molar-refractivity contribution in [2.24, 2.45) is 0 Å². The number of aromatic amines is 1. The maximum absolute atomic E-state index is 12.8. The van der Waals surface area contributed by atoms with Crippen LogP contribution in [0.4, 0.5) is 0 Å². The van der Waals surface area contributed by atoms with Crippen LogP contribution in [-0.4, -0.2) is 66.8 Å². The van der Waals surface area contributed by atoms with E-state index in [1.807, 2.05) is 11.8 Å². The third-order valence-electron chi connectivity index (χ3n) is 4.65. The van der Waals surface area contributed by atoms with Crippen molar-refractivity contribution in [2.45, 2.75) is 13.5 Å². The third kappa shape index (κ3) is 4.04. The van der Waals surface area contributed by atoms with Gasteiger partial charge in [-0.2, -0.15) is 10.2 Å². The zero-order valence-corrected chi connectivity index (χ0v) is 16.8. The Hall–Kier alpha value is -2.42. The van der Waals surface area contributed by atoms with Crippen LogP contribution in [0.25, 0.3) is 5.69 Å². The number of nitrogens with one attached hydrogen (secondary N) is 1. The standard InChI is InChI=1S/C18H19Cl2N7O/c1-12-22-17(24-23-12)11-25-4-6-26(7-5-25)18(28)13-9-21-27(10-13)16-3-2-14(19)8-15(16)20/h2-3,8-10H,4-7,11H2,1H3,(H,22,23,24). The number of hydrogen-bond donors (Lipinski definition) is 1. The fraction of sp³-hybridized carbons (Fsp3) is 0.333. The average molecular weight is 420 g/mol. The van der Waals surface area contributed by atoms with E-state index >= 15 is 0 Å². The van der Waals surface area contributed by atoms with Gasteiger partial charge in [0.2, 0.25) is 0 Å². The highest BCUT2D eigenvalue weighted by Gasteiger charge is 2.24. The SMILES string of the molecule is Cc1nc(CN2CCN(C(=O)c3cnn(-c4ccc(Cl)cc4Cl)c3)CC2)n[nH]1. The van der Waals surface area contributed by atoms with Gasteiger partial charge in [0.1, 0.15) is 5.82 Å². The van der Waals surface area contributed by atoms with Gasteiger partial charge in [0.05, 0.1) is 29.0 Å². The Morgan fingerprint density at radius 1 is 1.21 bits per heavy atom. The van der Waals surface area contributed by atoms with Crippen LogP contribution in [0, 0.1) is 6.92 Å². The second kappa shape index (κ2) is 7.90. The molecule has 0 spiro atoms. The van der Waals surface area contributed by atoms with E-state index in [4.69, 9.17) is 23.2 Å². The number of benzene rings is 1. The van der Waals surface area contributed by atoms with Crippen molar-refractivity contribution in [3.8, 4) is 5.69 Å². The molecule has 2 aromatic heterocycles. The number of rotatable bonds is 4. The largest absolute Gasteiger partial charge is 0.336 e. The van der Waals surface area contributed by atoms with E-state index in [2.05, 4.69) is 25.2 Å². The van der Waals surface area contributed by atoms with E-state index in [1.165, 1.54) is 0 Å². The molecule has 1 N–H and O–H groups in total. The van der Waals surface area contributed by atoms with E-state index in [0.29, 0.717) is 40.9 Å². The Kier molecular flexibility index (Phi) is 5.34. The van der Waals surface area contributed by atoms with Gasteiger partial charge in [-0.15, -0.1) is 0 Å². The van der Waals surface area contributed by atoms with Gasteiger partial charge in [-0.25, -0.2) is 9.67 Å². The number of nitrogens with zero attached hydrogens (tertiary/aromatic N) is 6. The van der Waals surface area contributed by atoms with Gasteiger partial charge in [0, 0.05) is 37.4 Å². The number of carbonyl (C=O) groups is 1. The average Bonchev–Trinajstić information content (AvgIpc) is 3.31. The molecule has 0 aliphatic carbocycles. The van der Waals surface area contributed by atoms with Gasteiger partial charge >= 0.3 is 0 Å². The maximum atomic E-state index is 12.8. The zero-order valence-electron chi connectivity index (χ0n) is 15.3. The minimum absolute atomic E-state index is 0.0373. The monoisotopic (exact) mass is 419 g/mol. The quantitative estimate of drug-likeness (QED) is 0.702. The molecule has 0 saturated carbocycles. The predicted octanol–water partition coefficient (Wildman–Crippen LogP) is 2.56.